The van der Waals surface area contributed by atoms with Gasteiger partial charge < -0.3 is 5.11 Å². The molecule has 1 aliphatic rings. The predicted molar refractivity (Wildman–Crippen MR) is 100 cm³/mol. The number of hydrogen-bond donors (Lipinski definition) is 1. The van der Waals surface area contributed by atoms with Gasteiger partial charge in [0.2, 0.25) is 10.0 Å². The number of carboxylic acid groups (broad SMARTS) is 1. The lowest BCUT2D eigenvalue weighted by Crippen LogP contribution is -2.72. The number of quaternary nitrogens is 1. The number of hydrogen-bond acceptors (Lipinski definition) is 3. The van der Waals surface area contributed by atoms with Gasteiger partial charge in [-0.25, -0.2) is 12.9 Å². The van der Waals surface area contributed by atoms with Gasteiger partial charge in [-0.2, -0.15) is 9.10 Å². The van der Waals surface area contributed by atoms with Gasteiger partial charge in [0.05, 0.1) is 17.5 Å². The Balaban J connectivity index is 2.39. The zero-order chi connectivity index (χ0) is 19.2. The normalized spacial score (nSPS) is 25.8. The Morgan fingerprint density at radius 3 is 2.40 bits per heavy atom. The minimum absolute atomic E-state index is 0.139. The fourth-order valence-electron chi connectivity index (χ4n) is 3.58. The van der Waals surface area contributed by atoms with E-state index in [4.69, 9.17) is 0 Å². The molecule has 1 aromatic rings. The molecular formula is C17H26BrN2O4S+. The first-order chi connectivity index (χ1) is 11.3. The maximum atomic E-state index is 13.1. The molecule has 6 nitrogen and oxygen atoms in total. The number of carbonyl (C=O) groups is 1. The van der Waals surface area contributed by atoms with E-state index in [0.29, 0.717) is 5.56 Å². The standard InChI is InChI=1S/C17H25BrN2O4S/c1-12-10-14(18)6-7-15(12)25(23,24)19-8-9-20(16(21)22,11-13(19)2)17(3,4)5/h6-7,10,13H,8-9,11H2,1-5H3/p+1/t13-,20?/m0/s1. The molecule has 0 radical (unpaired) electrons. The fourth-order valence-corrected chi connectivity index (χ4v) is 5.88. The SMILES string of the molecule is Cc1cc(Br)ccc1S(=O)(=O)N1CC[N+](C(=O)O)(C(C)(C)C)C[C@@H]1C. The van der Waals surface area contributed by atoms with Gasteiger partial charge in [-0.3, -0.25) is 0 Å². The molecule has 8 heteroatoms. The van der Waals surface area contributed by atoms with Gasteiger partial charge in [-0.1, -0.05) is 15.9 Å². The van der Waals surface area contributed by atoms with E-state index in [2.05, 4.69) is 15.9 Å². The smallest absolute Gasteiger partial charge is 0.435 e. The molecule has 1 aliphatic heterocycles. The molecule has 0 saturated carbocycles. The van der Waals surface area contributed by atoms with Crippen molar-refractivity contribution < 1.29 is 22.8 Å². The molecule has 1 unspecified atom stereocenters. The molecule has 0 aromatic heterocycles. The number of sulfonamides is 1. The van der Waals surface area contributed by atoms with Gasteiger partial charge in [0, 0.05) is 4.47 Å². The molecule has 0 bridgehead atoms. The summed E-state index contributed by atoms with van der Waals surface area (Å²) in [6.45, 7) is 9.88. The minimum Gasteiger partial charge on any atom is -0.435 e. The molecule has 1 aromatic carbocycles. The van der Waals surface area contributed by atoms with Crippen molar-refractivity contribution in [2.75, 3.05) is 19.6 Å². The molecular weight excluding hydrogens is 408 g/mol. The summed E-state index contributed by atoms with van der Waals surface area (Å²) in [7, 11) is -3.67. The molecule has 1 N–H and O–H groups in total. The van der Waals surface area contributed by atoms with Crippen LogP contribution in [0.1, 0.15) is 33.3 Å². The highest BCUT2D eigenvalue weighted by atomic mass is 79.9. The molecule has 1 amide bonds. The molecule has 0 aliphatic carbocycles. The molecule has 0 spiro atoms. The highest BCUT2D eigenvalue weighted by molar-refractivity contribution is 9.10. The first kappa shape index (κ1) is 20.4. The molecule has 2 rings (SSSR count). The number of benzene rings is 1. The third-order valence-corrected chi connectivity index (χ3v) is 7.81. The molecule has 1 fully saturated rings. The van der Waals surface area contributed by atoms with Crippen molar-refractivity contribution in [1.29, 1.82) is 0 Å². The summed E-state index contributed by atoms with van der Waals surface area (Å²) in [6, 6.07) is 4.67. The van der Waals surface area contributed by atoms with Crippen molar-refractivity contribution in [3.63, 3.8) is 0 Å². The Kier molecular flexibility index (Phi) is 5.41. The van der Waals surface area contributed by atoms with Crippen molar-refractivity contribution in [3.8, 4) is 0 Å². The quantitative estimate of drug-likeness (QED) is 0.724. The van der Waals surface area contributed by atoms with Crippen LogP contribution in [-0.2, 0) is 10.0 Å². The van der Waals surface area contributed by atoms with Crippen LogP contribution in [0.15, 0.2) is 27.6 Å². The van der Waals surface area contributed by atoms with Gasteiger partial charge in [0.25, 0.3) is 0 Å². The average Bonchev–Trinajstić information content (AvgIpc) is 2.44. The maximum Gasteiger partial charge on any atom is 0.514 e. The minimum atomic E-state index is -3.67. The molecule has 1 saturated heterocycles. The van der Waals surface area contributed by atoms with Crippen molar-refractivity contribution in [3.05, 3.63) is 28.2 Å². The number of amides is 1. The van der Waals surface area contributed by atoms with Crippen LogP contribution in [0.2, 0.25) is 0 Å². The summed E-state index contributed by atoms with van der Waals surface area (Å²) in [6.07, 6.45) is -0.906. The Morgan fingerprint density at radius 1 is 1.36 bits per heavy atom. The van der Waals surface area contributed by atoms with Crippen LogP contribution in [0.5, 0.6) is 0 Å². The first-order valence-corrected chi connectivity index (χ1v) is 10.4. The van der Waals surface area contributed by atoms with E-state index in [-0.39, 0.29) is 29.0 Å². The first-order valence-electron chi connectivity index (χ1n) is 8.21. The number of halogens is 1. The largest absolute Gasteiger partial charge is 0.514 e. The summed E-state index contributed by atoms with van der Waals surface area (Å²) in [4.78, 5) is 12.3. The highest BCUT2D eigenvalue weighted by Crippen LogP contribution is 2.33. The van der Waals surface area contributed by atoms with Crippen LogP contribution in [0, 0.1) is 6.92 Å². The van der Waals surface area contributed by atoms with Crippen molar-refractivity contribution in [2.24, 2.45) is 0 Å². The zero-order valence-corrected chi connectivity index (χ0v) is 17.7. The second-order valence-corrected chi connectivity index (χ2v) is 10.5. The Hall–Kier alpha value is -0.960. The van der Waals surface area contributed by atoms with E-state index in [9.17, 15) is 18.3 Å². The van der Waals surface area contributed by atoms with Crippen molar-refractivity contribution in [1.82, 2.24) is 4.31 Å². The van der Waals surface area contributed by atoms with Gasteiger partial charge in [0.1, 0.15) is 18.6 Å². The van der Waals surface area contributed by atoms with Crippen LogP contribution < -0.4 is 0 Å². The van der Waals surface area contributed by atoms with Crippen LogP contribution in [0.25, 0.3) is 0 Å². The average molecular weight is 434 g/mol. The van der Waals surface area contributed by atoms with Crippen molar-refractivity contribution >= 4 is 32.0 Å². The van der Waals surface area contributed by atoms with Crippen LogP contribution in [0.3, 0.4) is 0 Å². The molecule has 25 heavy (non-hydrogen) atoms. The summed E-state index contributed by atoms with van der Waals surface area (Å²) in [5, 5.41) is 9.82. The summed E-state index contributed by atoms with van der Waals surface area (Å²) < 4.78 is 28.4. The third-order valence-electron chi connectivity index (χ3n) is 5.14. The predicted octanol–water partition coefficient (Wildman–Crippen LogP) is 3.44. The van der Waals surface area contributed by atoms with E-state index >= 15 is 0 Å². The van der Waals surface area contributed by atoms with E-state index in [1.807, 2.05) is 20.8 Å². The van der Waals surface area contributed by atoms with E-state index in [1.165, 1.54) is 4.31 Å². The summed E-state index contributed by atoms with van der Waals surface area (Å²) in [5.74, 6) is 0. The van der Waals surface area contributed by atoms with Crippen molar-refractivity contribution in [2.45, 2.75) is 51.1 Å². The lowest BCUT2D eigenvalue weighted by Gasteiger charge is -2.50. The second kappa shape index (κ2) is 6.64. The van der Waals surface area contributed by atoms with Gasteiger partial charge >= 0.3 is 6.09 Å². The van der Waals surface area contributed by atoms with Crippen LogP contribution in [-0.4, -0.2) is 59.6 Å². The summed E-state index contributed by atoms with van der Waals surface area (Å²) in [5.41, 5.74) is 0.158. The molecule has 2 atom stereocenters. The maximum absolute atomic E-state index is 13.1. The second-order valence-electron chi connectivity index (χ2n) is 7.70. The summed E-state index contributed by atoms with van der Waals surface area (Å²) >= 11 is 3.35. The Labute approximate surface area is 158 Å². The molecule has 1 heterocycles. The van der Waals surface area contributed by atoms with E-state index in [1.54, 1.807) is 32.0 Å². The number of piperazine rings is 1. The fraction of sp³-hybridized carbons (Fsp3) is 0.588. The topological polar surface area (TPSA) is 74.7 Å². The number of aryl methyl sites for hydroxylation is 1. The van der Waals surface area contributed by atoms with E-state index < -0.39 is 27.7 Å². The van der Waals surface area contributed by atoms with Gasteiger partial charge in [0.15, 0.2) is 0 Å². The highest BCUT2D eigenvalue weighted by Gasteiger charge is 2.53. The third kappa shape index (κ3) is 3.49. The van der Waals surface area contributed by atoms with Gasteiger partial charge in [-0.15, -0.1) is 0 Å². The number of nitrogens with zero attached hydrogens (tertiary/aromatic N) is 2. The van der Waals surface area contributed by atoms with Crippen LogP contribution in [0.4, 0.5) is 4.79 Å². The van der Waals surface area contributed by atoms with Crippen LogP contribution >= 0.6 is 15.9 Å². The van der Waals surface area contributed by atoms with E-state index in [0.717, 1.165) is 4.47 Å². The number of rotatable bonds is 2. The lowest BCUT2D eigenvalue weighted by atomic mass is 9.98. The monoisotopic (exact) mass is 433 g/mol. The lowest BCUT2D eigenvalue weighted by molar-refractivity contribution is -0.909. The van der Waals surface area contributed by atoms with Gasteiger partial charge in [-0.05, 0) is 58.4 Å². The zero-order valence-electron chi connectivity index (χ0n) is 15.3. The Morgan fingerprint density at radius 2 is 1.96 bits per heavy atom. The molecule has 140 valence electrons. The Bertz CT molecular complexity index is 788.